The lowest BCUT2D eigenvalue weighted by Crippen LogP contribution is -1.98. The van der Waals surface area contributed by atoms with Gasteiger partial charge in [-0.05, 0) is 37.1 Å². The fourth-order valence-electron chi connectivity index (χ4n) is 2.45. The van der Waals surface area contributed by atoms with E-state index in [1.807, 2.05) is 38.1 Å². The van der Waals surface area contributed by atoms with Gasteiger partial charge in [0.05, 0.1) is 24.8 Å². The Balaban J connectivity index is 1.73. The largest absolute Gasteiger partial charge is 0.488 e. The normalized spacial score (nSPS) is 10.4. The maximum atomic E-state index is 6.04. The predicted molar refractivity (Wildman–Crippen MR) is 97.3 cm³/mol. The van der Waals surface area contributed by atoms with Crippen LogP contribution in [0.3, 0.4) is 0 Å². The number of hydrogen-bond donors (Lipinski definition) is 1. The standard InChI is InChI=1S/C20H21N3O/c1-15(2)22-11-16-6-5-7-17(10-16)13-24-20-9-4-3-8-18(20)19-12-21-14-23-19/h3-10,12,14H,11,13H2,1-2H3,(H,21,23). The number of rotatable bonds is 6. The number of benzene rings is 2. The number of aromatic nitrogens is 2. The molecule has 0 amide bonds. The van der Waals surface area contributed by atoms with Crippen LogP contribution in [0.25, 0.3) is 11.3 Å². The molecule has 0 spiro atoms. The molecule has 24 heavy (non-hydrogen) atoms. The van der Waals surface area contributed by atoms with Gasteiger partial charge in [0, 0.05) is 11.3 Å². The van der Waals surface area contributed by atoms with Crippen LogP contribution in [0.1, 0.15) is 25.0 Å². The second kappa shape index (κ2) is 7.59. The van der Waals surface area contributed by atoms with E-state index < -0.39 is 0 Å². The number of aliphatic imine (C=N–C) groups is 1. The summed E-state index contributed by atoms with van der Waals surface area (Å²) in [5.74, 6) is 0.842. The topological polar surface area (TPSA) is 50.3 Å². The van der Waals surface area contributed by atoms with Gasteiger partial charge >= 0.3 is 0 Å². The first-order valence-corrected chi connectivity index (χ1v) is 7.98. The van der Waals surface area contributed by atoms with Gasteiger partial charge in [-0.25, -0.2) is 4.98 Å². The summed E-state index contributed by atoms with van der Waals surface area (Å²) < 4.78 is 6.04. The molecule has 0 radical (unpaired) electrons. The molecule has 4 heteroatoms. The molecule has 3 aromatic rings. The van der Waals surface area contributed by atoms with Crippen LogP contribution in [-0.4, -0.2) is 15.7 Å². The van der Waals surface area contributed by atoms with Gasteiger partial charge in [-0.3, -0.25) is 4.99 Å². The van der Waals surface area contributed by atoms with Gasteiger partial charge in [-0.2, -0.15) is 0 Å². The van der Waals surface area contributed by atoms with Gasteiger partial charge in [0.15, 0.2) is 0 Å². The van der Waals surface area contributed by atoms with Gasteiger partial charge in [-0.15, -0.1) is 0 Å². The molecular formula is C20H21N3O. The quantitative estimate of drug-likeness (QED) is 0.673. The van der Waals surface area contributed by atoms with Crippen LogP contribution in [0.15, 0.2) is 66.0 Å². The van der Waals surface area contributed by atoms with Gasteiger partial charge in [0.1, 0.15) is 12.4 Å². The molecule has 122 valence electrons. The summed E-state index contributed by atoms with van der Waals surface area (Å²) >= 11 is 0. The lowest BCUT2D eigenvalue weighted by molar-refractivity contribution is 0.307. The highest BCUT2D eigenvalue weighted by Crippen LogP contribution is 2.28. The zero-order chi connectivity index (χ0) is 16.8. The lowest BCUT2D eigenvalue weighted by atomic mass is 10.1. The molecule has 0 aliphatic heterocycles. The van der Waals surface area contributed by atoms with E-state index in [0.717, 1.165) is 28.3 Å². The van der Waals surface area contributed by atoms with E-state index in [0.29, 0.717) is 13.2 Å². The van der Waals surface area contributed by atoms with Crippen LogP contribution >= 0.6 is 0 Å². The summed E-state index contributed by atoms with van der Waals surface area (Å²) in [6.07, 6.45) is 3.47. The number of para-hydroxylation sites is 1. The highest BCUT2D eigenvalue weighted by molar-refractivity contribution is 5.79. The zero-order valence-electron chi connectivity index (χ0n) is 14.0. The molecule has 0 atom stereocenters. The highest BCUT2D eigenvalue weighted by atomic mass is 16.5. The average molecular weight is 319 g/mol. The summed E-state index contributed by atoms with van der Waals surface area (Å²) in [6, 6.07) is 16.3. The van der Waals surface area contributed by atoms with Crippen molar-refractivity contribution in [2.45, 2.75) is 27.0 Å². The minimum atomic E-state index is 0.522. The van der Waals surface area contributed by atoms with Crippen molar-refractivity contribution >= 4 is 5.71 Å². The molecule has 3 rings (SSSR count). The Morgan fingerprint density at radius 1 is 1.08 bits per heavy atom. The molecule has 0 saturated carbocycles. The van der Waals surface area contributed by atoms with Gasteiger partial charge in [-0.1, -0.05) is 36.4 Å². The van der Waals surface area contributed by atoms with Crippen LogP contribution in [0, 0.1) is 0 Å². The van der Waals surface area contributed by atoms with Crippen molar-refractivity contribution in [3.8, 4) is 17.0 Å². The molecule has 1 N–H and O–H groups in total. The van der Waals surface area contributed by atoms with E-state index in [2.05, 4.69) is 39.2 Å². The second-order valence-electron chi connectivity index (χ2n) is 5.83. The van der Waals surface area contributed by atoms with E-state index in [1.54, 1.807) is 12.5 Å². The Labute approximate surface area is 142 Å². The second-order valence-corrected chi connectivity index (χ2v) is 5.83. The molecule has 4 nitrogen and oxygen atoms in total. The summed E-state index contributed by atoms with van der Waals surface area (Å²) in [5.41, 5.74) is 5.38. The zero-order valence-corrected chi connectivity index (χ0v) is 14.0. The molecule has 0 saturated heterocycles. The van der Waals surface area contributed by atoms with Crippen molar-refractivity contribution < 1.29 is 4.74 Å². The monoisotopic (exact) mass is 319 g/mol. The third kappa shape index (κ3) is 4.10. The summed E-state index contributed by atoms with van der Waals surface area (Å²) in [5, 5.41) is 0. The molecule has 1 aromatic heterocycles. The smallest absolute Gasteiger partial charge is 0.129 e. The maximum Gasteiger partial charge on any atom is 0.129 e. The van der Waals surface area contributed by atoms with Crippen LogP contribution in [0.5, 0.6) is 5.75 Å². The predicted octanol–water partition coefficient (Wildman–Crippen LogP) is 4.64. The van der Waals surface area contributed by atoms with Crippen molar-refractivity contribution in [3.05, 3.63) is 72.2 Å². The van der Waals surface area contributed by atoms with Crippen LogP contribution < -0.4 is 4.74 Å². The van der Waals surface area contributed by atoms with Gasteiger partial charge < -0.3 is 9.72 Å². The Bertz CT molecular complexity index is 818. The number of ether oxygens (including phenoxy) is 1. The molecule has 1 heterocycles. The fourth-order valence-corrected chi connectivity index (χ4v) is 2.45. The van der Waals surface area contributed by atoms with E-state index in [9.17, 15) is 0 Å². The Morgan fingerprint density at radius 2 is 1.92 bits per heavy atom. The molecule has 0 aliphatic carbocycles. The summed E-state index contributed by atoms with van der Waals surface area (Å²) in [7, 11) is 0. The summed E-state index contributed by atoms with van der Waals surface area (Å²) in [6.45, 7) is 5.26. The Hall–Kier alpha value is -2.88. The minimum absolute atomic E-state index is 0.522. The maximum absolute atomic E-state index is 6.04. The molecule has 0 unspecified atom stereocenters. The van der Waals surface area contributed by atoms with E-state index in [1.165, 1.54) is 5.56 Å². The van der Waals surface area contributed by atoms with Crippen molar-refractivity contribution in [3.63, 3.8) is 0 Å². The highest BCUT2D eigenvalue weighted by Gasteiger charge is 2.07. The Morgan fingerprint density at radius 3 is 2.71 bits per heavy atom. The first-order valence-electron chi connectivity index (χ1n) is 7.98. The number of nitrogens with one attached hydrogen (secondary N) is 1. The Kier molecular flexibility index (Phi) is 5.06. The molecule has 0 bridgehead atoms. The number of aromatic amines is 1. The van der Waals surface area contributed by atoms with Crippen LogP contribution in [0.4, 0.5) is 0 Å². The van der Waals surface area contributed by atoms with Crippen LogP contribution in [0.2, 0.25) is 0 Å². The third-order valence-corrected chi connectivity index (χ3v) is 3.64. The van der Waals surface area contributed by atoms with Crippen molar-refractivity contribution in [1.29, 1.82) is 0 Å². The third-order valence-electron chi connectivity index (χ3n) is 3.64. The lowest BCUT2D eigenvalue weighted by Gasteiger charge is -2.11. The van der Waals surface area contributed by atoms with Crippen molar-refractivity contribution in [2.75, 3.05) is 0 Å². The molecule has 2 aromatic carbocycles. The minimum Gasteiger partial charge on any atom is -0.488 e. The first kappa shape index (κ1) is 16.0. The molecular weight excluding hydrogens is 298 g/mol. The number of hydrogen-bond acceptors (Lipinski definition) is 3. The average Bonchev–Trinajstić information content (AvgIpc) is 3.13. The first-order chi connectivity index (χ1) is 11.7. The van der Waals surface area contributed by atoms with E-state index in [-0.39, 0.29) is 0 Å². The molecule has 0 fully saturated rings. The number of H-pyrrole nitrogens is 1. The molecule has 0 aliphatic rings. The van der Waals surface area contributed by atoms with Gasteiger partial charge in [0.25, 0.3) is 0 Å². The SMILES string of the molecule is CC(C)=NCc1cccc(COc2ccccc2-c2cnc[nH]2)c1. The van der Waals surface area contributed by atoms with E-state index >= 15 is 0 Å². The van der Waals surface area contributed by atoms with Gasteiger partial charge in [0.2, 0.25) is 0 Å². The van der Waals surface area contributed by atoms with E-state index in [4.69, 9.17) is 4.74 Å². The summed E-state index contributed by atoms with van der Waals surface area (Å²) in [4.78, 5) is 11.7. The number of imidazole rings is 1. The number of nitrogens with zero attached hydrogens (tertiary/aromatic N) is 2. The van der Waals surface area contributed by atoms with Crippen molar-refractivity contribution in [2.24, 2.45) is 4.99 Å². The fraction of sp³-hybridized carbons (Fsp3) is 0.200. The van der Waals surface area contributed by atoms with Crippen molar-refractivity contribution in [1.82, 2.24) is 9.97 Å². The van der Waals surface area contributed by atoms with Crippen LogP contribution in [-0.2, 0) is 13.2 Å².